The van der Waals surface area contributed by atoms with Crippen LogP contribution in [0.3, 0.4) is 0 Å². The van der Waals surface area contributed by atoms with Crippen molar-refractivity contribution in [1.29, 1.82) is 0 Å². The number of esters is 1. The van der Waals surface area contributed by atoms with E-state index in [0.29, 0.717) is 11.3 Å². The molecule has 0 aliphatic carbocycles. The Kier molecular flexibility index (Phi) is 3.27. The zero-order chi connectivity index (χ0) is 10.7. The molecule has 78 valence electrons. The minimum atomic E-state index is -0.656. The van der Waals surface area contributed by atoms with Crippen LogP contribution in [0.2, 0.25) is 0 Å². The normalized spacial score (nSPS) is 14.9. The molecule has 1 heterocycles. The van der Waals surface area contributed by atoms with Gasteiger partial charge in [-0.15, -0.1) is 0 Å². The molecule has 4 N–H and O–H groups in total. The van der Waals surface area contributed by atoms with Crippen LogP contribution < -0.4 is 5.73 Å². The lowest BCUT2D eigenvalue weighted by atomic mass is 10.1. The number of aromatic amines is 1. The van der Waals surface area contributed by atoms with E-state index in [0.717, 1.165) is 0 Å². The zero-order valence-corrected chi connectivity index (χ0v) is 8.15. The third-order valence-corrected chi connectivity index (χ3v) is 2.02. The molecule has 5 nitrogen and oxygen atoms in total. The lowest BCUT2D eigenvalue weighted by Crippen LogP contribution is -2.22. The van der Waals surface area contributed by atoms with Crippen LogP contribution >= 0.6 is 0 Å². The van der Waals surface area contributed by atoms with Gasteiger partial charge in [0, 0.05) is 6.20 Å². The quantitative estimate of drug-likeness (QED) is 0.604. The molecular weight excluding hydrogens is 184 g/mol. The summed E-state index contributed by atoms with van der Waals surface area (Å²) in [5.74, 6) is -0.450. The number of hydrogen-bond donors (Lipinski definition) is 3. The smallest absolute Gasteiger partial charge is 0.354 e. The number of carbonyl (C=O) groups excluding carboxylic acids is 1. The highest BCUT2D eigenvalue weighted by Crippen LogP contribution is 2.15. The van der Waals surface area contributed by atoms with Crippen molar-refractivity contribution in [3.63, 3.8) is 0 Å². The second kappa shape index (κ2) is 4.26. The molecule has 0 bridgehead atoms. The molecule has 1 rings (SSSR count). The van der Waals surface area contributed by atoms with Crippen LogP contribution in [-0.2, 0) is 4.74 Å². The van der Waals surface area contributed by atoms with Gasteiger partial charge in [0.15, 0.2) is 0 Å². The zero-order valence-electron chi connectivity index (χ0n) is 8.15. The summed E-state index contributed by atoms with van der Waals surface area (Å²) in [4.78, 5) is 13.8. The number of carbonyl (C=O) groups is 1. The van der Waals surface area contributed by atoms with Crippen LogP contribution in [0.15, 0.2) is 12.3 Å². The number of hydrogen-bond acceptors (Lipinski definition) is 4. The SMILES string of the molecule is COC(=O)c1cc([C@@H](N)[C@@H](C)O)c[nH]1. The first-order chi connectivity index (χ1) is 6.56. The van der Waals surface area contributed by atoms with Gasteiger partial charge in [0.05, 0.1) is 19.3 Å². The maximum absolute atomic E-state index is 11.1. The molecular formula is C9H14N2O3. The van der Waals surface area contributed by atoms with Gasteiger partial charge < -0.3 is 20.6 Å². The van der Waals surface area contributed by atoms with Gasteiger partial charge in [-0.1, -0.05) is 0 Å². The van der Waals surface area contributed by atoms with E-state index in [-0.39, 0.29) is 0 Å². The van der Waals surface area contributed by atoms with Gasteiger partial charge in [0.1, 0.15) is 5.69 Å². The van der Waals surface area contributed by atoms with Crippen LogP contribution in [0.1, 0.15) is 29.0 Å². The van der Waals surface area contributed by atoms with Crippen LogP contribution in [0.25, 0.3) is 0 Å². The second-order valence-corrected chi connectivity index (χ2v) is 3.10. The van der Waals surface area contributed by atoms with Crippen molar-refractivity contribution < 1.29 is 14.6 Å². The number of rotatable bonds is 3. The molecule has 5 heteroatoms. The third-order valence-electron chi connectivity index (χ3n) is 2.02. The summed E-state index contributed by atoms with van der Waals surface area (Å²) in [6, 6.07) is 1.08. The number of aliphatic hydroxyl groups is 1. The molecule has 0 radical (unpaired) electrons. The van der Waals surface area contributed by atoms with Crippen molar-refractivity contribution in [2.24, 2.45) is 5.73 Å². The van der Waals surface area contributed by atoms with E-state index in [2.05, 4.69) is 9.72 Å². The van der Waals surface area contributed by atoms with Crippen molar-refractivity contribution >= 4 is 5.97 Å². The van der Waals surface area contributed by atoms with Gasteiger partial charge in [-0.3, -0.25) is 0 Å². The van der Waals surface area contributed by atoms with Gasteiger partial charge in [0.25, 0.3) is 0 Å². The van der Waals surface area contributed by atoms with E-state index >= 15 is 0 Å². The van der Waals surface area contributed by atoms with E-state index in [1.54, 1.807) is 19.2 Å². The summed E-state index contributed by atoms with van der Waals surface area (Å²) in [5.41, 5.74) is 6.68. The highest BCUT2D eigenvalue weighted by atomic mass is 16.5. The number of ether oxygens (including phenoxy) is 1. The predicted molar refractivity (Wildman–Crippen MR) is 50.7 cm³/mol. The largest absolute Gasteiger partial charge is 0.464 e. The third kappa shape index (κ3) is 2.12. The first-order valence-corrected chi connectivity index (χ1v) is 4.26. The Bertz CT molecular complexity index is 320. The minimum Gasteiger partial charge on any atom is -0.464 e. The molecule has 0 aromatic carbocycles. The van der Waals surface area contributed by atoms with Crippen LogP contribution in [-0.4, -0.2) is 29.3 Å². The lowest BCUT2D eigenvalue weighted by molar-refractivity contribution is 0.0594. The van der Waals surface area contributed by atoms with Crippen molar-refractivity contribution in [1.82, 2.24) is 4.98 Å². The number of aromatic nitrogens is 1. The fourth-order valence-electron chi connectivity index (χ4n) is 1.11. The van der Waals surface area contributed by atoms with Gasteiger partial charge >= 0.3 is 5.97 Å². The number of nitrogens with two attached hydrogens (primary N) is 1. The van der Waals surface area contributed by atoms with Crippen LogP contribution in [0, 0.1) is 0 Å². The average Bonchev–Trinajstić information content (AvgIpc) is 2.64. The molecule has 0 spiro atoms. The van der Waals surface area contributed by atoms with E-state index in [9.17, 15) is 9.90 Å². The van der Waals surface area contributed by atoms with E-state index in [1.807, 2.05) is 0 Å². The molecule has 0 saturated carbocycles. The summed E-state index contributed by atoms with van der Waals surface area (Å²) < 4.78 is 4.52. The Labute approximate surface area is 81.9 Å². The molecule has 1 aromatic rings. The molecule has 0 saturated heterocycles. The van der Waals surface area contributed by atoms with Crippen LogP contribution in [0.5, 0.6) is 0 Å². The minimum absolute atomic E-state index is 0.332. The Morgan fingerprint density at radius 2 is 2.36 bits per heavy atom. The Morgan fingerprint density at radius 1 is 1.71 bits per heavy atom. The molecule has 0 amide bonds. The van der Waals surface area contributed by atoms with Gasteiger partial charge in [-0.2, -0.15) is 0 Å². The van der Waals surface area contributed by atoms with E-state index in [4.69, 9.17) is 5.73 Å². The number of aliphatic hydroxyl groups excluding tert-OH is 1. The second-order valence-electron chi connectivity index (χ2n) is 3.10. The maximum Gasteiger partial charge on any atom is 0.354 e. The van der Waals surface area contributed by atoms with Crippen molar-refractivity contribution in [3.8, 4) is 0 Å². The van der Waals surface area contributed by atoms with E-state index in [1.165, 1.54) is 7.11 Å². The summed E-state index contributed by atoms with van der Waals surface area (Å²) >= 11 is 0. The molecule has 2 atom stereocenters. The number of H-pyrrole nitrogens is 1. The van der Waals surface area contributed by atoms with Gasteiger partial charge in [-0.05, 0) is 18.6 Å². The summed E-state index contributed by atoms with van der Waals surface area (Å²) in [7, 11) is 1.30. The van der Waals surface area contributed by atoms with E-state index < -0.39 is 18.1 Å². The average molecular weight is 198 g/mol. The molecule has 0 aliphatic rings. The van der Waals surface area contributed by atoms with Crippen molar-refractivity contribution in [2.75, 3.05) is 7.11 Å². The summed E-state index contributed by atoms with van der Waals surface area (Å²) in [6.07, 6.45) is 0.931. The highest BCUT2D eigenvalue weighted by molar-refractivity contribution is 5.87. The van der Waals surface area contributed by atoms with Gasteiger partial charge in [-0.25, -0.2) is 4.79 Å². The molecule has 14 heavy (non-hydrogen) atoms. The maximum atomic E-state index is 11.1. The Balaban J connectivity index is 2.82. The molecule has 0 fully saturated rings. The first-order valence-electron chi connectivity index (χ1n) is 4.26. The topological polar surface area (TPSA) is 88.3 Å². The lowest BCUT2D eigenvalue weighted by Gasteiger charge is -2.11. The first kappa shape index (κ1) is 10.7. The number of methoxy groups -OCH3 is 1. The fraction of sp³-hybridized carbons (Fsp3) is 0.444. The fourth-order valence-corrected chi connectivity index (χ4v) is 1.11. The van der Waals surface area contributed by atoms with Crippen molar-refractivity contribution in [3.05, 3.63) is 23.5 Å². The number of nitrogens with one attached hydrogen (secondary N) is 1. The Morgan fingerprint density at radius 3 is 2.86 bits per heavy atom. The Hall–Kier alpha value is -1.33. The van der Waals surface area contributed by atoms with Gasteiger partial charge in [0.2, 0.25) is 0 Å². The van der Waals surface area contributed by atoms with Crippen molar-refractivity contribution in [2.45, 2.75) is 19.1 Å². The summed E-state index contributed by atoms with van der Waals surface area (Å²) in [6.45, 7) is 1.59. The van der Waals surface area contributed by atoms with Crippen LogP contribution in [0.4, 0.5) is 0 Å². The molecule has 0 aliphatic heterocycles. The molecule has 0 unspecified atom stereocenters. The standard InChI is InChI=1S/C9H14N2O3/c1-5(12)8(10)6-3-7(11-4-6)9(13)14-2/h3-5,8,11-12H,10H2,1-2H3/t5-,8+/m1/s1. The highest BCUT2D eigenvalue weighted by Gasteiger charge is 2.16. The predicted octanol–water partition coefficient (Wildman–Crippen LogP) is 0.182. The summed E-state index contributed by atoms with van der Waals surface area (Å²) in [5, 5.41) is 9.22. The molecule has 1 aromatic heterocycles. The monoisotopic (exact) mass is 198 g/mol.